The molecule has 2 amide bonds. The number of carbonyl (C=O) groups excluding carboxylic acids is 2. The molecule has 1 saturated heterocycles. The number of aryl methyl sites for hydroxylation is 2. The van der Waals surface area contributed by atoms with Crippen LogP contribution >= 0.6 is 22.9 Å². The molecule has 2 aromatic carbocycles. The molecule has 0 spiro atoms. The van der Waals surface area contributed by atoms with Gasteiger partial charge in [-0.05, 0) is 49.8 Å². The van der Waals surface area contributed by atoms with E-state index in [1.807, 2.05) is 36.9 Å². The van der Waals surface area contributed by atoms with Crippen molar-refractivity contribution >= 4 is 34.8 Å². The summed E-state index contributed by atoms with van der Waals surface area (Å²) >= 11 is 7.48. The summed E-state index contributed by atoms with van der Waals surface area (Å²) in [7, 11) is 0. The largest absolute Gasteiger partial charge is 0.350 e. The van der Waals surface area contributed by atoms with Gasteiger partial charge in [-0.1, -0.05) is 47.5 Å². The maximum absolute atomic E-state index is 13.7. The molecule has 3 aromatic rings. The zero-order chi connectivity index (χ0) is 23.3. The first kappa shape index (κ1) is 22.0. The van der Waals surface area contributed by atoms with Crippen molar-refractivity contribution in [2.24, 2.45) is 11.8 Å². The van der Waals surface area contributed by atoms with Crippen LogP contribution in [0.25, 0.3) is 10.4 Å². The Labute approximate surface area is 200 Å². The number of fused-ring (bicyclic) bond motifs is 1. The van der Waals surface area contributed by atoms with Gasteiger partial charge >= 0.3 is 0 Å². The highest BCUT2D eigenvalue weighted by molar-refractivity contribution is 7.15. The summed E-state index contributed by atoms with van der Waals surface area (Å²) < 4.78 is 13.7. The van der Waals surface area contributed by atoms with Gasteiger partial charge in [-0.2, -0.15) is 0 Å². The Morgan fingerprint density at radius 2 is 2.03 bits per heavy atom. The minimum atomic E-state index is -0.633. The van der Waals surface area contributed by atoms with Crippen LogP contribution in [0.15, 0.2) is 42.5 Å². The van der Waals surface area contributed by atoms with E-state index in [0.29, 0.717) is 30.6 Å². The quantitative estimate of drug-likeness (QED) is 0.548. The monoisotopic (exact) mass is 483 g/mol. The first-order valence-electron chi connectivity index (χ1n) is 10.9. The average molecular weight is 484 g/mol. The highest BCUT2D eigenvalue weighted by Gasteiger charge is 2.54. The summed E-state index contributed by atoms with van der Waals surface area (Å²) in [6.45, 7) is 4.88. The number of rotatable bonds is 5. The molecule has 2 heterocycles. The van der Waals surface area contributed by atoms with E-state index in [9.17, 15) is 14.0 Å². The van der Waals surface area contributed by atoms with Crippen LogP contribution in [0.4, 0.5) is 4.39 Å². The molecule has 1 aliphatic carbocycles. The van der Waals surface area contributed by atoms with Crippen LogP contribution in [-0.2, 0) is 0 Å². The van der Waals surface area contributed by atoms with Gasteiger partial charge in [-0.15, -0.1) is 11.3 Å². The minimum Gasteiger partial charge on any atom is -0.350 e. The molecule has 3 unspecified atom stereocenters. The molecular formula is C25H23ClFN3O2S. The van der Waals surface area contributed by atoms with Gasteiger partial charge in [0, 0.05) is 13.1 Å². The molecule has 5 rings (SSSR count). The van der Waals surface area contributed by atoms with Crippen LogP contribution in [0.2, 0.25) is 5.02 Å². The van der Waals surface area contributed by atoms with Gasteiger partial charge in [0.25, 0.3) is 11.8 Å². The first-order valence-corrected chi connectivity index (χ1v) is 12.1. The third-order valence-corrected chi connectivity index (χ3v) is 7.85. The van der Waals surface area contributed by atoms with Crippen LogP contribution in [0.3, 0.4) is 0 Å². The Balaban J connectivity index is 1.36. The molecule has 33 heavy (non-hydrogen) atoms. The third kappa shape index (κ3) is 4.15. The predicted octanol–water partition coefficient (Wildman–Crippen LogP) is 5.11. The lowest BCUT2D eigenvalue weighted by Crippen LogP contribution is -2.45. The number of benzene rings is 2. The van der Waals surface area contributed by atoms with Gasteiger partial charge < -0.3 is 10.2 Å². The molecule has 2 fully saturated rings. The lowest BCUT2D eigenvalue weighted by atomic mass is 10.1. The maximum Gasteiger partial charge on any atom is 0.274 e. The molecule has 0 bridgehead atoms. The fourth-order valence-corrected chi connectivity index (χ4v) is 5.85. The van der Waals surface area contributed by atoms with Crippen molar-refractivity contribution in [2.75, 3.05) is 13.1 Å². The number of piperidine rings is 1. The minimum absolute atomic E-state index is 0.0942. The Kier molecular flexibility index (Phi) is 5.70. The average Bonchev–Trinajstić information content (AvgIpc) is 3.30. The van der Waals surface area contributed by atoms with E-state index in [-0.39, 0.29) is 22.5 Å². The third-order valence-electron chi connectivity index (χ3n) is 6.45. The lowest BCUT2D eigenvalue weighted by molar-refractivity contribution is 0.0690. The summed E-state index contributed by atoms with van der Waals surface area (Å²) in [6, 6.07) is 12.1. The lowest BCUT2D eigenvalue weighted by Gasteiger charge is -2.27. The predicted molar refractivity (Wildman–Crippen MR) is 127 cm³/mol. The van der Waals surface area contributed by atoms with Crippen molar-refractivity contribution in [3.63, 3.8) is 0 Å². The molecule has 1 N–H and O–H groups in total. The summed E-state index contributed by atoms with van der Waals surface area (Å²) in [5.74, 6) is -0.367. The molecule has 1 aromatic heterocycles. The Morgan fingerprint density at radius 1 is 1.24 bits per heavy atom. The fraction of sp³-hybridized carbons (Fsp3) is 0.320. The molecule has 1 saturated carbocycles. The number of nitrogens with zero attached hydrogens (tertiary/aromatic N) is 2. The Hall–Kier alpha value is -2.77. The maximum atomic E-state index is 13.7. The van der Waals surface area contributed by atoms with E-state index in [0.717, 1.165) is 27.4 Å². The highest BCUT2D eigenvalue weighted by Crippen LogP contribution is 2.50. The van der Waals surface area contributed by atoms with E-state index >= 15 is 0 Å². The fourth-order valence-electron chi connectivity index (χ4n) is 4.73. The van der Waals surface area contributed by atoms with Crippen molar-refractivity contribution in [3.8, 4) is 10.4 Å². The van der Waals surface area contributed by atoms with Gasteiger partial charge in [0.1, 0.15) is 11.5 Å². The van der Waals surface area contributed by atoms with Crippen LogP contribution in [-0.4, -0.2) is 40.8 Å². The highest BCUT2D eigenvalue weighted by atomic mass is 35.5. The second-order valence-electron chi connectivity index (χ2n) is 8.78. The molecule has 1 aliphatic heterocycles. The molecule has 0 radical (unpaired) electrons. The van der Waals surface area contributed by atoms with Gasteiger partial charge in [0.15, 0.2) is 0 Å². The summed E-state index contributed by atoms with van der Waals surface area (Å²) in [5, 5.41) is 3.50. The SMILES string of the molecule is Cc1cccc(-c2sc(C)nc2C(=O)N2CC3CC3C2CNC(=O)c2cccc(F)c2Cl)c1. The van der Waals surface area contributed by atoms with Crippen LogP contribution < -0.4 is 5.32 Å². The second-order valence-corrected chi connectivity index (χ2v) is 10.4. The van der Waals surface area contributed by atoms with E-state index in [1.165, 1.54) is 29.5 Å². The number of likely N-dealkylation sites (tertiary alicyclic amines) is 1. The number of hydrogen-bond acceptors (Lipinski definition) is 4. The van der Waals surface area contributed by atoms with Crippen molar-refractivity contribution in [1.82, 2.24) is 15.2 Å². The van der Waals surface area contributed by atoms with Crippen LogP contribution in [0, 0.1) is 31.5 Å². The van der Waals surface area contributed by atoms with Crippen molar-refractivity contribution in [2.45, 2.75) is 26.3 Å². The van der Waals surface area contributed by atoms with Gasteiger partial charge in [-0.25, -0.2) is 9.37 Å². The normalized spacial score (nSPS) is 21.1. The number of hydrogen-bond donors (Lipinski definition) is 1. The molecule has 8 heteroatoms. The van der Waals surface area contributed by atoms with Crippen molar-refractivity contribution in [1.29, 1.82) is 0 Å². The smallest absolute Gasteiger partial charge is 0.274 e. The molecule has 2 aliphatic rings. The summed E-state index contributed by atoms with van der Waals surface area (Å²) in [6.07, 6.45) is 1.05. The molecule has 5 nitrogen and oxygen atoms in total. The standard InChI is InChI=1S/C25H23ClFN3O2S/c1-13-5-3-6-15(9-13)23-22(29-14(2)33-23)25(32)30-12-16-10-18(16)20(30)11-28-24(31)17-7-4-8-19(27)21(17)26/h3-9,16,18,20H,10-12H2,1-2H3,(H,28,31). The number of nitrogens with one attached hydrogen (secondary N) is 1. The van der Waals surface area contributed by atoms with Gasteiger partial charge in [0.05, 0.1) is 26.5 Å². The van der Waals surface area contributed by atoms with Gasteiger partial charge in [0.2, 0.25) is 0 Å². The van der Waals surface area contributed by atoms with E-state index in [4.69, 9.17) is 11.6 Å². The topological polar surface area (TPSA) is 62.3 Å². The van der Waals surface area contributed by atoms with Crippen molar-refractivity contribution in [3.05, 3.63) is 75.1 Å². The summed E-state index contributed by atoms with van der Waals surface area (Å²) in [4.78, 5) is 33.6. The van der Waals surface area contributed by atoms with E-state index in [2.05, 4.69) is 16.4 Å². The van der Waals surface area contributed by atoms with E-state index in [1.54, 1.807) is 0 Å². The molecule has 3 atom stereocenters. The zero-order valence-corrected chi connectivity index (χ0v) is 19.8. The number of carbonyl (C=O) groups is 2. The molecular weight excluding hydrogens is 461 g/mol. The zero-order valence-electron chi connectivity index (χ0n) is 18.3. The van der Waals surface area contributed by atoms with Gasteiger partial charge in [-0.3, -0.25) is 9.59 Å². The van der Waals surface area contributed by atoms with Crippen LogP contribution in [0.1, 0.15) is 37.8 Å². The van der Waals surface area contributed by atoms with E-state index < -0.39 is 11.7 Å². The number of halogens is 2. The van der Waals surface area contributed by atoms with Crippen LogP contribution in [0.5, 0.6) is 0 Å². The number of thiazole rings is 1. The number of amides is 2. The van der Waals surface area contributed by atoms with Crippen molar-refractivity contribution < 1.29 is 14.0 Å². The Bertz CT molecular complexity index is 1260. The first-order chi connectivity index (χ1) is 15.8. The number of aromatic nitrogens is 1. The second kappa shape index (κ2) is 8.54. The Morgan fingerprint density at radius 3 is 2.82 bits per heavy atom. The molecule has 170 valence electrons. The summed E-state index contributed by atoms with van der Waals surface area (Å²) in [5.41, 5.74) is 2.67.